The maximum Gasteiger partial charge on any atom is 0.217 e. The van der Waals surface area contributed by atoms with Gasteiger partial charge in [0.1, 0.15) is 122 Å². The van der Waals surface area contributed by atoms with Crippen molar-refractivity contribution in [2.24, 2.45) is 0 Å². The third kappa shape index (κ3) is 11.0. The molecule has 360 valence electrons. The largest absolute Gasteiger partial charge is 0.394 e. The van der Waals surface area contributed by atoms with Gasteiger partial charge < -0.3 is 130 Å². The first kappa shape index (κ1) is 51.0. The topological polar surface area (TPSA) is 445 Å². The van der Waals surface area contributed by atoms with Gasteiger partial charge in [0.05, 0.1) is 33.0 Å². The van der Waals surface area contributed by atoms with Crippen molar-refractivity contribution in [2.45, 2.75) is 167 Å². The first-order valence-electron chi connectivity index (χ1n) is 19.6. The van der Waals surface area contributed by atoms with Crippen LogP contribution in [-0.2, 0) is 52.2 Å². The molecule has 0 aromatic rings. The highest BCUT2D eigenvalue weighted by atomic mass is 16.8. The van der Waals surface area contributed by atoms with Crippen molar-refractivity contribution in [3.63, 3.8) is 0 Å². The fraction of sp³-hybridized carbons (Fsp3) is 0.941. The predicted molar refractivity (Wildman–Crippen MR) is 190 cm³/mol. The molecule has 25 atom stereocenters. The van der Waals surface area contributed by atoms with Crippen LogP contribution < -0.4 is 10.6 Å². The number of aliphatic hydroxyl groups excluding tert-OH is 15. The van der Waals surface area contributed by atoms with E-state index in [4.69, 9.17) is 42.6 Å². The second-order valence-electron chi connectivity index (χ2n) is 15.5. The molecule has 5 fully saturated rings. The Morgan fingerprint density at radius 2 is 0.823 bits per heavy atom. The first-order valence-corrected chi connectivity index (χ1v) is 19.6. The normalized spacial score (nSPS) is 49.0. The van der Waals surface area contributed by atoms with Crippen molar-refractivity contribution >= 4 is 11.8 Å². The minimum Gasteiger partial charge on any atom is -0.394 e. The summed E-state index contributed by atoms with van der Waals surface area (Å²) in [6, 6.07) is -3.19. The second-order valence-corrected chi connectivity index (χ2v) is 15.5. The van der Waals surface area contributed by atoms with E-state index >= 15 is 0 Å². The molecule has 0 unspecified atom stereocenters. The van der Waals surface area contributed by atoms with Crippen LogP contribution in [0.3, 0.4) is 0 Å². The van der Waals surface area contributed by atoms with Crippen molar-refractivity contribution in [1.82, 2.24) is 10.6 Å². The maximum atomic E-state index is 12.4. The van der Waals surface area contributed by atoms with Gasteiger partial charge in [0.25, 0.3) is 0 Å². The summed E-state index contributed by atoms with van der Waals surface area (Å²) >= 11 is 0. The summed E-state index contributed by atoms with van der Waals surface area (Å²) in [5.41, 5.74) is 0. The van der Waals surface area contributed by atoms with Gasteiger partial charge >= 0.3 is 0 Å². The molecule has 5 rings (SSSR count). The van der Waals surface area contributed by atoms with Crippen LogP contribution in [0.1, 0.15) is 13.8 Å². The minimum absolute atomic E-state index is 0.693. The number of rotatable bonds is 15. The number of hydrogen-bond acceptors (Lipinski definition) is 26. The van der Waals surface area contributed by atoms with E-state index in [2.05, 4.69) is 10.6 Å². The number of carbonyl (C=O) groups is 2. The van der Waals surface area contributed by atoms with E-state index in [1.54, 1.807) is 0 Å². The Hall–Kier alpha value is -2.02. The zero-order valence-electron chi connectivity index (χ0n) is 33.2. The lowest BCUT2D eigenvalue weighted by atomic mass is 9.94. The van der Waals surface area contributed by atoms with Gasteiger partial charge in [-0.2, -0.15) is 0 Å². The van der Waals surface area contributed by atoms with Gasteiger partial charge in [-0.15, -0.1) is 0 Å². The number of carbonyl (C=O) groups excluding carboxylic acids is 2. The summed E-state index contributed by atoms with van der Waals surface area (Å²) in [4.78, 5) is 24.2. The Kier molecular flexibility index (Phi) is 18.1. The molecule has 5 aliphatic heterocycles. The second kappa shape index (κ2) is 22.0. The lowest BCUT2D eigenvalue weighted by molar-refractivity contribution is -0.384. The van der Waals surface area contributed by atoms with E-state index in [1.165, 1.54) is 0 Å². The average Bonchev–Trinajstić information content (AvgIpc) is 3.23. The van der Waals surface area contributed by atoms with Crippen LogP contribution in [0, 0.1) is 0 Å². The highest BCUT2D eigenvalue weighted by Gasteiger charge is 2.56. The van der Waals surface area contributed by atoms with Crippen LogP contribution in [0.15, 0.2) is 0 Å². The molecular formula is C34H58N2O26. The Morgan fingerprint density at radius 3 is 1.35 bits per heavy atom. The van der Waals surface area contributed by atoms with E-state index in [9.17, 15) is 86.2 Å². The van der Waals surface area contributed by atoms with Crippen molar-refractivity contribution in [3.05, 3.63) is 0 Å². The van der Waals surface area contributed by atoms with Gasteiger partial charge in [0.2, 0.25) is 11.8 Å². The lowest BCUT2D eigenvalue weighted by Gasteiger charge is -2.50. The molecule has 62 heavy (non-hydrogen) atoms. The van der Waals surface area contributed by atoms with Crippen molar-refractivity contribution < 1.29 is 129 Å². The number of amides is 2. The summed E-state index contributed by atoms with van der Waals surface area (Å²) < 4.78 is 50.8. The standard InChI is InChI=1S/C34H58N2O26/c1-8(41)35-15-20(46)27(12(5-39)55-30(15)53)60-31-16(36-9(2)42)21(47)28(13(6-40)58-31)61-34-26(52)29(62-33-25(51)23(49)18(44)11(4-38)57-33)19(45)14(59-34)7-54-32-24(50)22(48)17(43)10(3-37)56-32/h10-34,37-40,43-53H,3-7H2,1-2H3,(H,35,41)(H,36,42)/t10-,11-,12-,13-,14-,15-,16-,17-,18-,19-,20-,21-,22+,23+,24+,25+,26+,27-,28-,29+,30-,31-,32+,33+,34-/m1/s1. The molecule has 5 saturated heterocycles. The molecule has 17 N–H and O–H groups in total. The molecule has 0 bridgehead atoms. The fourth-order valence-corrected chi connectivity index (χ4v) is 7.73. The minimum atomic E-state index is -2.18. The molecule has 0 aromatic heterocycles. The summed E-state index contributed by atoms with van der Waals surface area (Å²) in [7, 11) is 0. The van der Waals surface area contributed by atoms with Gasteiger partial charge in [-0.1, -0.05) is 0 Å². The van der Waals surface area contributed by atoms with Crippen LogP contribution in [0.4, 0.5) is 0 Å². The Bertz CT molecular complexity index is 1440. The molecule has 0 aliphatic carbocycles. The van der Waals surface area contributed by atoms with E-state index in [0.717, 1.165) is 13.8 Å². The van der Waals surface area contributed by atoms with Gasteiger partial charge in [0.15, 0.2) is 31.5 Å². The molecule has 0 spiro atoms. The van der Waals surface area contributed by atoms with Crippen molar-refractivity contribution in [1.29, 1.82) is 0 Å². The Morgan fingerprint density at radius 1 is 0.419 bits per heavy atom. The Balaban J connectivity index is 1.41. The van der Waals surface area contributed by atoms with E-state index in [-0.39, 0.29) is 0 Å². The van der Waals surface area contributed by atoms with Crippen LogP contribution in [0.5, 0.6) is 0 Å². The van der Waals surface area contributed by atoms with Crippen molar-refractivity contribution in [3.8, 4) is 0 Å². The lowest BCUT2D eigenvalue weighted by Crippen LogP contribution is -2.70. The van der Waals surface area contributed by atoms with Gasteiger partial charge in [0, 0.05) is 13.8 Å². The SMILES string of the molecule is CC(=O)N[C@@H]1[C@@H](O)[C@H](O[C@H]2O[C@H](CO)[C@@H](O[C@H]3O[C@H](CO[C@H]4O[C@H](CO)[C@@H](O)[C@H](O)[C@@H]4O)[C@@H](O)[C@H](O[C@@H]4O[C@H](CO)[C@@H](O)[C@H](O)[C@@H]4O)[C@@H]3O)[C@H](O)[C@H]2NC(C)=O)[C@@H](CO)O[C@H]1O. The van der Waals surface area contributed by atoms with E-state index in [1.807, 2.05) is 0 Å². The number of hydrogen-bond donors (Lipinski definition) is 17. The Labute approximate surface area is 351 Å². The zero-order chi connectivity index (χ0) is 45.9. The summed E-state index contributed by atoms with van der Waals surface area (Å²) in [5, 5.41) is 163. The summed E-state index contributed by atoms with van der Waals surface area (Å²) in [6.07, 6.45) is -42.3. The van der Waals surface area contributed by atoms with Gasteiger partial charge in [-0.3, -0.25) is 9.59 Å². The molecular weight excluding hydrogens is 852 g/mol. The molecule has 0 aromatic carbocycles. The van der Waals surface area contributed by atoms with Gasteiger partial charge in [-0.05, 0) is 0 Å². The zero-order valence-corrected chi connectivity index (χ0v) is 33.2. The summed E-state index contributed by atoms with van der Waals surface area (Å²) in [6.45, 7) is -2.31. The molecule has 28 nitrogen and oxygen atoms in total. The van der Waals surface area contributed by atoms with Crippen LogP contribution in [-0.4, -0.2) is 275 Å². The fourth-order valence-electron chi connectivity index (χ4n) is 7.73. The molecule has 28 heteroatoms. The average molecular weight is 911 g/mol. The third-order valence-electron chi connectivity index (χ3n) is 11.1. The van der Waals surface area contributed by atoms with E-state index in [0.29, 0.717) is 0 Å². The monoisotopic (exact) mass is 910 g/mol. The molecule has 0 saturated carbocycles. The molecule has 0 radical (unpaired) electrons. The molecule has 2 amide bonds. The molecule has 5 aliphatic rings. The third-order valence-corrected chi connectivity index (χ3v) is 11.1. The number of nitrogens with one attached hydrogen (secondary N) is 2. The van der Waals surface area contributed by atoms with Crippen LogP contribution in [0.2, 0.25) is 0 Å². The highest BCUT2D eigenvalue weighted by Crippen LogP contribution is 2.35. The van der Waals surface area contributed by atoms with E-state index < -0.39 is 198 Å². The van der Waals surface area contributed by atoms with Crippen molar-refractivity contribution in [2.75, 3.05) is 33.0 Å². The number of ether oxygens (including phenoxy) is 9. The predicted octanol–water partition coefficient (Wildman–Crippen LogP) is -11.6. The smallest absolute Gasteiger partial charge is 0.217 e. The molecule has 5 heterocycles. The maximum absolute atomic E-state index is 12.4. The number of aliphatic hydroxyl groups is 15. The van der Waals surface area contributed by atoms with Gasteiger partial charge in [-0.25, -0.2) is 0 Å². The van der Waals surface area contributed by atoms with Crippen LogP contribution >= 0.6 is 0 Å². The van der Waals surface area contributed by atoms with Crippen LogP contribution in [0.25, 0.3) is 0 Å². The first-order chi connectivity index (χ1) is 29.3. The summed E-state index contributed by atoms with van der Waals surface area (Å²) in [5.74, 6) is -1.49. The quantitative estimate of drug-likeness (QED) is 0.0725. The highest BCUT2D eigenvalue weighted by molar-refractivity contribution is 5.73.